The number of hydrogen-bond donors (Lipinski definition) is 1. The second-order valence-electron chi connectivity index (χ2n) is 32.2. The summed E-state index contributed by atoms with van der Waals surface area (Å²) in [6.07, 6.45) is 7.33. The van der Waals surface area contributed by atoms with Crippen molar-refractivity contribution >= 4 is 107 Å². The van der Waals surface area contributed by atoms with Gasteiger partial charge < -0.3 is 61.4 Å². The van der Waals surface area contributed by atoms with Gasteiger partial charge in [0.25, 0.3) is 5.91 Å². The lowest BCUT2D eigenvalue weighted by Crippen LogP contribution is -2.39. The zero-order chi connectivity index (χ0) is 86.8. The first-order chi connectivity index (χ1) is 62.8. The number of esters is 1. The van der Waals surface area contributed by atoms with Crippen LogP contribution < -0.4 is 24.6 Å². The lowest BCUT2D eigenvalue weighted by molar-refractivity contribution is 0.0500. The van der Waals surface area contributed by atoms with E-state index in [1.54, 1.807) is 60.7 Å². The van der Waals surface area contributed by atoms with Gasteiger partial charge in [-0.3, -0.25) is 28.8 Å². The molecule has 632 valence electrons. The molecule has 17 aromatic rings. The minimum atomic E-state index is -0.443. The summed E-state index contributed by atoms with van der Waals surface area (Å²) < 4.78 is 56.4. The zero-order valence-electron chi connectivity index (χ0n) is 69.4. The maximum atomic E-state index is 13.6. The van der Waals surface area contributed by atoms with Crippen molar-refractivity contribution in [2.45, 2.75) is 64.8 Å². The minimum absolute atomic E-state index is 0.0383. The van der Waals surface area contributed by atoms with Crippen LogP contribution in [0.4, 0.5) is 11.4 Å². The number of fused-ring (bicyclic) bond motifs is 10. The Balaban J connectivity index is 0.0000000974. The largest absolute Gasteiger partial charge is 0.462 e. The van der Waals surface area contributed by atoms with Crippen LogP contribution in [0.3, 0.4) is 0 Å². The fourth-order valence-electron chi connectivity index (χ4n) is 18.2. The van der Waals surface area contributed by atoms with Gasteiger partial charge in [-0.1, -0.05) is 216 Å². The molecule has 1 amide bonds. The van der Waals surface area contributed by atoms with E-state index in [1.807, 2.05) is 178 Å². The molecule has 1 saturated carbocycles. The van der Waals surface area contributed by atoms with Gasteiger partial charge in [0.15, 0.2) is 57.7 Å². The predicted molar refractivity (Wildman–Crippen MR) is 478 cm³/mol. The van der Waals surface area contributed by atoms with Crippen LogP contribution in [0.25, 0.3) is 111 Å². The summed E-state index contributed by atoms with van der Waals surface area (Å²) in [5.74, 6) is 4.63. The average molecular weight is 1700 g/mol. The Kier molecular flexibility index (Phi) is 20.8. The summed E-state index contributed by atoms with van der Waals surface area (Å²) in [7, 11) is 0. The molecule has 128 heavy (non-hydrogen) atoms. The Bertz CT molecular complexity index is 7400. The number of nitrogens with one attached hydrogen (secondary N) is 1. The fourth-order valence-corrected chi connectivity index (χ4v) is 18.2. The van der Waals surface area contributed by atoms with Crippen molar-refractivity contribution in [3.05, 3.63) is 303 Å². The molecule has 8 aliphatic rings. The van der Waals surface area contributed by atoms with Crippen LogP contribution in [0.15, 0.2) is 253 Å². The molecule has 0 radical (unpaired) electrons. The number of unbranched alkanes of at least 4 members (excludes halogenated alkanes) is 1. The molecule has 0 unspecified atom stereocenters. The highest BCUT2D eigenvalue weighted by Crippen LogP contribution is 2.51. The first-order valence-electron chi connectivity index (χ1n) is 42.8. The number of amides is 1. The van der Waals surface area contributed by atoms with Gasteiger partial charge in [0, 0.05) is 99.0 Å². The van der Waals surface area contributed by atoms with E-state index < -0.39 is 5.97 Å². The fraction of sp³-hybridized carbons (Fsp3) is 0.184. The molecule has 0 atom stereocenters. The number of para-hydroxylation sites is 2. The topological polar surface area (TPSA) is 314 Å². The number of benzene rings is 12. The van der Waals surface area contributed by atoms with Crippen molar-refractivity contribution in [2.75, 3.05) is 69.0 Å². The van der Waals surface area contributed by atoms with Gasteiger partial charge in [-0.05, 0) is 105 Å². The quantitative estimate of drug-likeness (QED) is 0.0877. The van der Waals surface area contributed by atoms with Crippen molar-refractivity contribution in [1.29, 1.82) is 0 Å². The number of ketones is 5. The third-order valence-corrected chi connectivity index (χ3v) is 24.6. The number of aromatic nitrogens is 5. The summed E-state index contributed by atoms with van der Waals surface area (Å²) in [4.78, 5) is 94.9. The molecule has 12 aromatic carbocycles. The highest BCUT2D eigenvalue weighted by Gasteiger charge is 2.40. The maximum absolute atomic E-state index is 13.6. The van der Waals surface area contributed by atoms with E-state index in [9.17, 15) is 33.6 Å². The standard InChI is InChI=1S/C22H21N3O4.C21H18N2O3.C21H13NO3.C20H11NO3.C19H15NO4/c26-21-14-3-1-2-4-15(14)22-19-18(21)16(24-5-9-27-10-6-24)13-17(20(19)23-29-22)25-7-11-28-12-8-25;24-19-13-8-4-5-9-14(13)20-17-15(19)10-11-16(18(17)23-26-20)21(25)22-12-6-2-1-3-7-12;1-12-6-2-5-9-16(12)24-17-11-10-15-18-19(17)20(23)13-7-3-4-8-14(13)21(18)25-22-15;22-19-13-8-4-5-9-14(13)20-17-15(21-24-20)10-11-16(18(17)19)23-12-6-2-1-3-7-12;1-2-3-10-23-19(22)14-9-8-13-15-16(14)20-24-18(15)12-7-5-4-6-11(12)17(13)21/h1-4,13H,5-12H2;4-5,8-12H,1-3,6-7H2,(H,22,25);2-11H,1H3;1-11H;4-9H,2-3,10H2,1H3. The molecule has 25 heteroatoms. The summed E-state index contributed by atoms with van der Waals surface area (Å²) in [5, 5.41) is 27.4. The van der Waals surface area contributed by atoms with Crippen molar-refractivity contribution in [1.82, 2.24) is 31.1 Å². The molecule has 5 aromatic heterocycles. The van der Waals surface area contributed by atoms with Crippen LogP contribution in [0.2, 0.25) is 0 Å². The van der Waals surface area contributed by atoms with E-state index in [1.165, 1.54) is 6.42 Å². The van der Waals surface area contributed by atoms with E-state index in [0.29, 0.717) is 190 Å². The molecular formula is C103H78N8O17. The Morgan fingerprint density at radius 2 is 0.797 bits per heavy atom. The number of aryl methyl sites for hydroxylation is 1. The van der Waals surface area contributed by atoms with E-state index in [-0.39, 0.29) is 40.9 Å². The summed E-state index contributed by atoms with van der Waals surface area (Å²) in [6.45, 7) is 10.2. The number of ether oxygens (including phenoxy) is 5. The third-order valence-electron chi connectivity index (χ3n) is 24.6. The van der Waals surface area contributed by atoms with Crippen LogP contribution in [0.1, 0.15) is 158 Å². The van der Waals surface area contributed by atoms with Crippen LogP contribution in [0, 0.1) is 6.92 Å². The normalized spacial score (nSPS) is 14.7. The first-order valence-corrected chi connectivity index (χ1v) is 42.8. The molecule has 2 aliphatic heterocycles. The molecule has 6 aliphatic carbocycles. The summed E-state index contributed by atoms with van der Waals surface area (Å²) in [5.41, 5.74) is 16.3. The molecule has 3 fully saturated rings. The van der Waals surface area contributed by atoms with Gasteiger partial charge in [-0.2, -0.15) is 0 Å². The van der Waals surface area contributed by atoms with Gasteiger partial charge in [0.05, 0.1) is 99.2 Å². The highest BCUT2D eigenvalue weighted by molar-refractivity contribution is 6.31. The molecular weight excluding hydrogens is 1620 g/mol. The molecule has 25 nitrogen and oxygen atoms in total. The van der Waals surface area contributed by atoms with Crippen LogP contribution in [0.5, 0.6) is 23.0 Å². The van der Waals surface area contributed by atoms with E-state index in [2.05, 4.69) is 47.0 Å². The Morgan fingerprint density at radius 1 is 0.383 bits per heavy atom. The highest BCUT2D eigenvalue weighted by atomic mass is 16.5. The number of anilines is 2. The maximum Gasteiger partial charge on any atom is 0.340 e. The van der Waals surface area contributed by atoms with Gasteiger partial charge in [0.2, 0.25) is 0 Å². The van der Waals surface area contributed by atoms with Gasteiger partial charge in [0.1, 0.15) is 50.6 Å². The van der Waals surface area contributed by atoms with E-state index in [0.717, 1.165) is 126 Å². The lowest BCUT2D eigenvalue weighted by atomic mass is 9.86. The predicted octanol–water partition coefficient (Wildman–Crippen LogP) is 20.8. The SMILES string of the molecule is CCCCOC(=O)c1ccc2c3c(onc13)-c1ccccc1C2=O.Cc1ccccc1Oc1ccc2noc3c2c1C(=O)c1ccccc1-3.O=C(NC1CCCCC1)c1ccc2c3c(onc13)-c1ccccc1C2=O.O=C1c2ccccc2-c2onc3c(N4CCOCC4)cc(N4CCOCC4)c1c23.O=C1c2ccccc2-c2onc3ccc(Oc4ccccc4)c1c23. The second kappa shape index (κ2) is 33.5. The Hall–Kier alpha value is -15.6. The average Bonchev–Trinajstić information content (AvgIpc) is 1.49. The van der Waals surface area contributed by atoms with Crippen molar-refractivity contribution < 1.29 is 79.9 Å². The van der Waals surface area contributed by atoms with E-state index >= 15 is 0 Å². The molecule has 0 bridgehead atoms. The number of carbonyl (C=O) groups is 7. The summed E-state index contributed by atoms with van der Waals surface area (Å²) >= 11 is 0. The first kappa shape index (κ1) is 79.6. The number of rotatable bonds is 12. The monoisotopic (exact) mass is 1700 g/mol. The smallest absolute Gasteiger partial charge is 0.340 e. The second-order valence-corrected chi connectivity index (χ2v) is 32.2. The number of carbonyl (C=O) groups excluding carboxylic acids is 7. The van der Waals surface area contributed by atoms with Crippen LogP contribution >= 0.6 is 0 Å². The third kappa shape index (κ3) is 13.9. The summed E-state index contributed by atoms with van der Waals surface area (Å²) in [6, 6.07) is 70.3. The van der Waals surface area contributed by atoms with Gasteiger partial charge in [-0.25, -0.2) is 4.79 Å². The number of nitrogens with zero attached hydrogens (tertiary/aromatic N) is 7. The molecule has 1 N–H and O–H groups in total. The lowest BCUT2D eigenvalue weighted by Gasteiger charge is -2.34. The number of morpholine rings is 2. The number of hydrogen-bond acceptors (Lipinski definition) is 24. The van der Waals surface area contributed by atoms with Crippen molar-refractivity contribution in [3.8, 4) is 79.6 Å². The molecule has 0 spiro atoms. The van der Waals surface area contributed by atoms with E-state index in [4.69, 9.17) is 46.3 Å². The Morgan fingerprint density at radius 3 is 1.30 bits per heavy atom. The van der Waals surface area contributed by atoms with Crippen molar-refractivity contribution in [2.24, 2.45) is 0 Å². The zero-order valence-corrected chi connectivity index (χ0v) is 69.4. The minimum Gasteiger partial charge on any atom is -0.462 e. The van der Waals surface area contributed by atoms with Crippen LogP contribution in [-0.4, -0.2) is 132 Å². The molecule has 7 heterocycles. The van der Waals surface area contributed by atoms with Gasteiger partial charge >= 0.3 is 5.97 Å². The van der Waals surface area contributed by atoms with Crippen molar-refractivity contribution in [3.63, 3.8) is 0 Å². The molecule has 25 rings (SSSR count). The van der Waals surface area contributed by atoms with Crippen LogP contribution in [-0.2, 0) is 14.2 Å². The molecule has 2 saturated heterocycles. The van der Waals surface area contributed by atoms with Gasteiger partial charge in [-0.15, -0.1) is 0 Å². The Labute approximate surface area is 730 Å².